The van der Waals surface area contributed by atoms with Gasteiger partial charge in [-0.3, -0.25) is 9.59 Å². The van der Waals surface area contributed by atoms with E-state index < -0.39 is 0 Å². The Morgan fingerprint density at radius 2 is 1.67 bits per heavy atom. The van der Waals surface area contributed by atoms with Crippen molar-refractivity contribution < 1.29 is 14.3 Å². The van der Waals surface area contributed by atoms with Crippen LogP contribution in [0.2, 0.25) is 0 Å². The van der Waals surface area contributed by atoms with Crippen LogP contribution in [0, 0.1) is 23.2 Å². The molecule has 0 saturated heterocycles. The number of nitrogens with one attached hydrogen (secondary N) is 1. The summed E-state index contributed by atoms with van der Waals surface area (Å²) in [7, 11) is 0. The fourth-order valence-electron chi connectivity index (χ4n) is 6.23. The normalized spacial score (nSPS) is 32.1. The molecule has 4 saturated carbocycles. The molecular formula is C23H31NO3. The number of hydrogen-bond acceptors (Lipinski definition) is 3. The highest BCUT2D eigenvalue weighted by atomic mass is 16.5. The fourth-order valence-corrected chi connectivity index (χ4v) is 6.23. The summed E-state index contributed by atoms with van der Waals surface area (Å²) in [5.41, 5.74) is 1.36. The molecule has 1 amide bonds. The van der Waals surface area contributed by atoms with Crippen molar-refractivity contribution in [3.8, 4) is 0 Å². The minimum absolute atomic E-state index is 0.160. The number of hydrogen-bond donors (Lipinski definition) is 1. The first-order valence-electron chi connectivity index (χ1n) is 10.5. The van der Waals surface area contributed by atoms with Gasteiger partial charge in [0.1, 0.15) is 0 Å². The Hall–Kier alpha value is -1.84. The minimum Gasteiger partial charge on any atom is -0.456 e. The Labute approximate surface area is 162 Å². The number of carbonyl (C=O) groups is 2. The van der Waals surface area contributed by atoms with E-state index in [0.29, 0.717) is 13.0 Å². The average Bonchev–Trinajstić information content (AvgIpc) is 2.63. The maximum absolute atomic E-state index is 12.4. The van der Waals surface area contributed by atoms with Crippen LogP contribution in [0.15, 0.2) is 30.3 Å². The van der Waals surface area contributed by atoms with E-state index in [4.69, 9.17) is 4.74 Å². The molecule has 0 aromatic heterocycles. The molecule has 27 heavy (non-hydrogen) atoms. The van der Waals surface area contributed by atoms with Gasteiger partial charge in [-0.2, -0.15) is 0 Å². The molecule has 0 unspecified atom stereocenters. The average molecular weight is 370 g/mol. The predicted octanol–water partition coefficient (Wildman–Crippen LogP) is 4.06. The highest BCUT2D eigenvalue weighted by Gasteiger charge is 2.51. The smallest absolute Gasteiger partial charge is 0.306 e. The van der Waals surface area contributed by atoms with E-state index in [1.807, 2.05) is 18.2 Å². The summed E-state index contributed by atoms with van der Waals surface area (Å²) < 4.78 is 5.33. The molecule has 4 nitrogen and oxygen atoms in total. The molecule has 1 aromatic carbocycles. The number of ether oxygens (including phenoxy) is 1. The van der Waals surface area contributed by atoms with Crippen LogP contribution in [0.1, 0.15) is 63.4 Å². The number of carbonyl (C=O) groups excluding carboxylic acids is 2. The van der Waals surface area contributed by atoms with Gasteiger partial charge < -0.3 is 10.1 Å². The van der Waals surface area contributed by atoms with Crippen molar-refractivity contribution in [2.75, 3.05) is 13.2 Å². The molecule has 5 rings (SSSR count). The Morgan fingerprint density at radius 1 is 1.07 bits per heavy atom. The van der Waals surface area contributed by atoms with E-state index in [0.717, 1.165) is 17.8 Å². The van der Waals surface area contributed by atoms with Gasteiger partial charge in [-0.15, -0.1) is 0 Å². The molecule has 1 N–H and O–H groups in total. The van der Waals surface area contributed by atoms with E-state index in [-0.39, 0.29) is 29.8 Å². The highest BCUT2D eigenvalue weighted by Crippen LogP contribution is 2.61. The lowest BCUT2D eigenvalue weighted by Gasteiger charge is -2.56. The Morgan fingerprint density at radius 3 is 2.26 bits per heavy atom. The van der Waals surface area contributed by atoms with E-state index in [9.17, 15) is 9.59 Å². The third-order valence-corrected chi connectivity index (χ3v) is 7.02. The van der Waals surface area contributed by atoms with Crippen LogP contribution in [-0.4, -0.2) is 25.0 Å². The summed E-state index contributed by atoms with van der Waals surface area (Å²) >= 11 is 0. The van der Waals surface area contributed by atoms with Crippen molar-refractivity contribution in [2.24, 2.45) is 23.2 Å². The number of benzene rings is 1. The maximum atomic E-state index is 12.4. The molecule has 0 spiro atoms. The minimum atomic E-state index is -0.211. The summed E-state index contributed by atoms with van der Waals surface area (Å²) in [5.74, 6) is 2.31. The first-order valence-corrected chi connectivity index (χ1v) is 10.5. The topological polar surface area (TPSA) is 55.4 Å². The molecule has 4 bridgehead atoms. The summed E-state index contributed by atoms with van der Waals surface area (Å²) in [6, 6.07) is 10.1. The number of esters is 1. The molecule has 4 aliphatic rings. The first-order chi connectivity index (χ1) is 13.0. The van der Waals surface area contributed by atoms with Gasteiger partial charge >= 0.3 is 5.97 Å². The van der Waals surface area contributed by atoms with Crippen LogP contribution in [-0.2, 0) is 14.3 Å². The predicted molar refractivity (Wildman–Crippen MR) is 104 cm³/mol. The van der Waals surface area contributed by atoms with Crippen molar-refractivity contribution >= 4 is 11.9 Å². The van der Waals surface area contributed by atoms with Gasteiger partial charge in [0.15, 0.2) is 6.61 Å². The van der Waals surface area contributed by atoms with Crippen LogP contribution in [0.3, 0.4) is 0 Å². The van der Waals surface area contributed by atoms with Gasteiger partial charge in [-0.1, -0.05) is 37.3 Å². The third kappa shape index (κ3) is 4.36. The molecule has 4 aliphatic carbocycles. The van der Waals surface area contributed by atoms with E-state index in [1.165, 1.54) is 44.1 Å². The second-order valence-corrected chi connectivity index (χ2v) is 9.37. The Balaban J connectivity index is 1.20. The molecular weight excluding hydrogens is 338 g/mol. The summed E-state index contributed by atoms with van der Waals surface area (Å²) in [5, 5.41) is 2.88. The number of amides is 1. The second-order valence-electron chi connectivity index (χ2n) is 9.37. The molecule has 0 aliphatic heterocycles. The monoisotopic (exact) mass is 369 g/mol. The highest BCUT2D eigenvalue weighted by molar-refractivity contribution is 5.80. The van der Waals surface area contributed by atoms with Crippen molar-refractivity contribution in [3.63, 3.8) is 0 Å². The molecule has 146 valence electrons. The Kier molecular flexibility index (Phi) is 5.25. The lowest BCUT2D eigenvalue weighted by molar-refractivity contribution is -0.155. The maximum Gasteiger partial charge on any atom is 0.306 e. The SMILES string of the molecule is C[C@@H](CNC(=O)COC(=O)CC12CC3CC(CC(C3)C1)C2)c1ccccc1. The van der Waals surface area contributed by atoms with Crippen LogP contribution >= 0.6 is 0 Å². The van der Waals surface area contributed by atoms with Crippen molar-refractivity contribution in [1.82, 2.24) is 5.32 Å². The van der Waals surface area contributed by atoms with Gasteiger partial charge in [0.05, 0.1) is 6.42 Å². The van der Waals surface area contributed by atoms with Gasteiger partial charge in [0, 0.05) is 6.54 Å². The zero-order valence-electron chi connectivity index (χ0n) is 16.3. The van der Waals surface area contributed by atoms with Crippen molar-refractivity contribution in [2.45, 2.75) is 57.8 Å². The van der Waals surface area contributed by atoms with Crippen LogP contribution in [0.25, 0.3) is 0 Å². The largest absolute Gasteiger partial charge is 0.456 e. The van der Waals surface area contributed by atoms with Crippen LogP contribution in [0.5, 0.6) is 0 Å². The van der Waals surface area contributed by atoms with Gasteiger partial charge in [-0.25, -0.2) is 0 Å². The van der Waals surface area contributed by atoms with Crippen molar-refractivity contribution in [3.05, 3.63) is 35.9 Å². The Bertz CT molecular complexity index is 649. The molecule has 4 fully saturated rings. The molecule has 0 heterocycles. The lowest BCUT2D eigenvalue weighted by Crippen LogP contribution is -2.47. The quantitative estimate of drug-likeness (QED) is 0.738. The van der Waals surface area contributed by atoms with E-state index in [2.05, 4.69) is 24.4 Å². The molecule has 4 heteroatoms. The van der Waals surface area contributed by atoms with Gasteiger partial charge in [-0.05, 0) is 73.2 Å². The summed E-state index contributed by atoms with van der Waals surface area (Å²) in [6.45, 7) is 2.47. The molecule has 0 radical (unpaired) electrons. The van der Waals surface area contributed by atoms with Gasteiger partial charge in [0.2, 0.25) is 0 Å². The van der Waals surface area contributed by atoms with Crippen LogP contribution < -0.4 is 5.32 Å². The molecule has 1 aromatic rings. The second kappa shape index (κ2) is 7.65. The van der Waals surface area contributed by atoms with Crippen LogP contribution in [0.4, 0.5) is 0 Å². The molecule has 1 atom stereocenters. The zero-order chi connectivity index (χ0) is 18.9. The first kappa shape index (κ1) is 18.5. The summed E-state index contributed by atoms with van der Waals surface area (Å²) in [6.07, 6.45) is 8.19. The lowest BCUT2D eigenvalue weighted by atomic mass is 9.49. The fraction of sp³-hybridized carbons (Fsp3) is 0.652. The standard InChI is InChI=1S/C23H31NO3/c1-16(20-5-3-2-4-6-20)14-24-21(25)15-27-22(26)13-23-10-17-7-18(11-23)9-19(8-17)12-23/h2-6,16-19H,7-15H2,1H3,(H,24,25)/t16-,17?,18?,19?,23?/m0/s1. The number of rotatable bonds is 7. The van der Waals surface area contributed by atoms with E-state index >= 15 is 0 Å². The van der Waals surface area contributed by atoms with Crippen molar-refractivity contribution in [1.29, 1.82) is 0 Å². The van der Waals surface area contributed by atoms with Gasteiger partial charge in [0.25, 0.3) is 5.91 Å². The third-order valence-electron chi connectivity index (χ3n) is 7.02. The van der Waals surface area contributed by atoms with E-state index in [1.54, 1.807) is 0 Å². The summed E-state index contributed by atoms with van der Waals surface area (Å²) in [4.78, 5) is 24.4. The zero-order valence-corrected chi connectivity index (χ0v) is 16.3.